The molecular formula is C14H21N3O4S. The number of hydrogen-bond donors (Lipinski definition) is 1. The lowest BCUT2D eigenvalue weighted by Crippen LogP contribution is -2.38. The van der Waals surface area contributed by atoms with E-state index < -0.39 is 9.84 Å². The van der Waals surface area contributed by atoms with E-state index in [1.54, 1.807) is 0 Å². The minimum atomic E-state index is -3.35. The van der Waals surface area contributed by atoms with E-state index >= 15 is 0 Å². The van der Waals surface area contributed by atoms with E-state index in [-0.39, 0.29) is 22.8 Å². The standard InChI is InChI=1S/C14H21N3O4S/c1-22(19,20)12-9-15-16-13(12)11-3-2-6-17(11)14(18)10-4-7-21-8-5-10/h9-11H,2-8H2,1H3,(H,15,16)/t11-/m1/s1. The molecule has 1 aromatic rings. The van der Waals surface area contributed by atoms with Crippen molar-refractivity contribution in [1.82, 2.24) is 15.1 Å². The second kappa shape index (κ2) is 6.00. The van der Waals surface area contributed by atoms with E-state index in [2.05, 4.69) is 10.2 Å². The van der Waals surface area contributed by atoms with E-state index in [1.807, 2.05) is 4.90 Å². The summed E-state index contributed by atoms with van der Waals surface area (Å²) in [7, 11) is -3.35. The van der Waals surface area contributed by atoms with Crippen LogP contribution in [0.3, 0.4) is 0 Å². The van der Waals surface area contributed by atoms with E-state index in [0.29, 0.717) is 25.5 Å². The molecule has 1 atom stereocenters. The van der Waals surface area contributed by atoms with Gasteiger partial charge in [0, 0.05) is 31.9 Å². The number of nitrogens with zero attached hydrogens (tertiary/aromatic N) is 2. The van der Waals surface area contributed by atoms with Crippen LogP contribution in [0.4, 0.5) is 0 Å². The van der Waals surface area contributed by atoms with Gasteiger partial charge in [-0.3, -0.25) is 9.89 Å². The second-order valence-corrected chi connectivity index (χ2v) is 7.98. The Labute approximate surface area is 129 Å². The zero-order valence-electron chi connectivity index (χ0n) is 12.6. The zero-order chi connectivity index (χ0) is 15.7. The van der Waals surface area contributed by atoms with Crippen LogP contribution in [-0.2, 0) is 19.4 Å². The smallest absolute Gasteiger partial charge is 0.226 e. The van der Waals surface area contributed by atoms with E-state index in [4.69, 9.17) is 4.74 Å². The van der Waals surface area contributed by atoms with Gasteiger partial charge in [-0.1, -0.05) is 0 Å². The monoisotopic (exact) mass is 327 g/mol. The fourth-order valence-electron chi connectivity index (χ4n) is 3.33. The van der Waals surface area contributed by atoms with Gasteiger partial charge in [-0.2, -0.15) is 5.10 Å². The molecule has 22 heavy (non-hydrogen) atoms. The molecule has 8 heteroatoms. The molecule has 2 aliphatic rings. The molecule has 7 nitrogen and oxygen atoms in total. The molecular weight excluding hydrogens is 306 g/mol. The maximum absolute atomic E-state index is 12.8. The molecule has 0 aliphatic carbocycles. The SMILES string of the molecule is CS(=O)(=O)c1cn[nH]c1[C@H]1CCCN1C(=O)C1CCOCC1. The van der Waals surface area contributed by atoms with Crippen LogP contribution in [0.1, 0.15) is 37.4 Å². The van der Waals surface area contributed by atoms with Gasteiger partial charge in [-0.25, -0.2) is 8.42 Å². The molecule has 3 rings (SSSR count). The van der Waals surface area contributed by atoms with Crippen LogP contribution in [0, 0.1) is 5.92 Å². The lowest BCUT2D eigenvalue weighted by molar-refractivity contribution is -0.139. The largest absolute Gasteiger partial charge is 0.381 e. The van der Waals surface area contributed by atoms with Gasteiger partial charge in [-0.05, 0) is 25.7 Å². The van der Waals surface area contributed by atoms with Crippen molar-refractivity contribution >= 4 is 15.7 Å². The summed E-state index contributed by atoms with van der Waals surface area (Å²) in [6.07, 6.45) is 5.62. The van der Waals surface area contributed by atoms with Crippen molar-refractivity contribution in [3.63, 3.8) is 0 Å². The molecule has 2 saturated heterocycles. The first-order valence-electron chi connectivity index (χ1n) is 7.60. The molecule has 122 valence electrons. The van der Waals surface area contributed by atoms with E-state index in [0.717, 1.165) is 25.7 Å². The van der Waals surface area contributed by atoms with Gasteiger partial charge in [-0.15, -0.1) is 0 Å². The fourth-order valence-corrected chi connectivity index (χ4v) is 4.15. The number of ether oxygens (including phenoxy) is 1. The van der Waals surface area contributed by atoms with Crippen LogP contribution >= 0.6 is 0 Å². The highest BCUT2D eigenvalue weighted by atomic mass is 32.2. The molecule has 1 aromatic heterocycles. The molecule has 0 unspecified atom stereocenters. The topological polar surface area (TPSA) is 92.4 Å². The van der Waals surface area contributed by atoms with Gasteiger partial charge in [0.2, 0.25) is 5.91 Å². The normalized spacial score (nSPS) is 23.9. The first-order chi connectivity index (χ1) is 10.5. The fraction of sp³-hybridized carbons (Fsp3) is 0.714. The highest BCUT2D eigenvalue weighted by Gasteiger charge is 2.37. The van der Waals surface area contributed by atoms with E-state index in [1.165, 1.54) is 12.5 Å². The number of aromatic amines is 1. The Balaban J connectivity index is 1.84. The van der Waals surface area contributed by atoms with Gasteiger partial charge in [0.05, 0.1) is 17.9 Å². The quantitative estimate of drug-likeness (QED) is 0.890. The summed E-state index contributed by atoms with van der Waals surface area (Å²) in [6, 6.07) is -0.220. The molecule has 1 N–H and O–H groups in total. The van der Waals surface area contributed by atoms with Crippen LogP contribution in [-0.4, -0.2) is 55.4 Å². The molecule has 0 bridgehead atoms. The first-order valence-corrected chi connectivity index (χ1v) is 9.49. The van der Waals surface area contributed by atoms with Crippen molar-refractivity contribution in [3.05, 3.63) is 11.9 Å². The van der Waals surface area contributed by atoms with Crippen LogP contribution < -0.4 is 0 Å². The van der Waals surface area contributed by atoms with E-state index in [9.17, 15) is 13.2 Å². The Hall–Kier alpha value is -1.41. The van der Waals surface area contributed by atoms with Crippen LogP contribution in [0.25, 0.3) is 0 Å². The van der Waals surface area contributed by atoms with Crippen molar-refractivity contribution in [2.24, 2.45) is 5.92 Å². The second-order valence-electron chi connectivity index (χ2n) is 6.00. The van der Waals surface area contributed by atoms with Gasteiger partial charge in [0.15, 0.2) is 9.84 Å². The molecule has 0 spiro atoms. The molecule has 0 radical (unpaired) electrons. The number of carbonyl (C=O) groups is 1. The zero-order valence-corrected chi connectivity index (χ0v) is 13.4. The highest BCUT2D eigenvalue weighted by Crippen LogP contribution is 2.36. The minimum Gasteiger partial charge on any atom is -0.381 e. The third kappa shape index (κ3) is 2.89. The predicted octanol–water partition coefficient (Wildman–Crippen LogP) is 0.903. The minimum absolute atomic E-state index is 0.0149. The van der Waals surface area contributed by atoms with Crippen LogP contribution in [0.15, 0.2) is 11.1 Å². The Morgan fingerprint density at radius 1 is 1.36 bits per heavy atom. The number of H-pyrrole nitrogens is 1. The summed E-state index contributed by atoms with van der Waals surface area (Å²) in [4.78, 5) is 14.8. The number of rotatable bonds is 3. The van der Waals surface area contributed by atoms with Gasteiger partial charge < -0.3 is 9.64 Å². The summed E-state index contributed by atoms with van der Waals surface area (Å²) < 4.78 is 29.0. The Morgan fingerprint density at radius 3 is 2.77 bits per heavy atom. The number of carbonyl (C=O) groups excluding carboxylic acids is 1. The number of aromatic nitrogens is 2. The van der Waals surface area contributed by atoms with Gasteiger partial charge in [0.1, 0.15) is 4.90 Å². The van der Waals surface area contributed by atoms with Crippen LogP contribution in [0.5, 0.6) is 0 Å². The number of hydrogen-bond acceptors (Lipinski definition) is 5. The van der Waals surface area contributed by atoms with Gasteiger partial charge >= 0.3 is 0 Å². The van der Waals surface area contributed by atoms with Crippen molar-refractivity contribution in [1.29, 1.82) is 0 Å². The summed E-state index contributed by atoms with van der Waals surface area (Å²) in [5, 5.41) is 6.67. The Kier molecular flexibility index (Phi) is 4.22. The molecule has 2 aliphatic heterocycles. The molecule has 0 saturated carbocycles. The lowest BCUT2D eigenvalue weighted by Gasteiger charge is -2.30. The Bertz CT molecular complexity index is 649. The number of likely N-dealkylation sites (tertiary alicyclic amines) is 1. The third-order valence-electron chi connectivity index (χ3n) is 4.47. The summed E-state index contributed by atoms with van der Waals surface area (Å²) in [6.45, 7) is 1.91. The third-order valence-corrected chi connectivity index (χ3v) is 5.60. The predicted molar refractivity (Wildman–Crippen MR) is 78.9 cm³/mol. The number of sulfone groups is 1. The summed E-state index contributed by atoms with van der Waals surface area (Å²) in [5.41, 5.74) is 0.542. The lowest BCUT2D eigenvalue weighted by atomic mass is 9.98. The molecule has 2 fully saturated rings. The molecule has 3 heterocycles. The molecule has 1 amide bonds. The Morgan fingerprint density at radius 2 is 2.09 bits per heavy atom. The van der Waals surface area contributed by atoms with Crippen molar-refractivity contribution in [2.75, 3.05) is 26.0 Å². The maximum Gasteiger partial charge on any atom is 0.226 e. The van der Waals surface area contributed by atoms with Crippen molar-refractivity contribution in [2.45, 2.75) is 36.6 Å². The van der Waals surface area contributed by atoms with Crippen molar-refractivity contribution < 1.29 is 17.9 Å². The number of nitrogens with one attached hydrogen (secondary N) is 1. The number of amides is 1. The van der Waals surface area contributed by atoms with Crippen LogP contribution in [0.2, 0.25) is 0 Å². The van der Waals surface area contributed by atoms with Crippen molar-refractivity contribution in [3.8, 4) is 0 Å². The summed E-state index contributed by atoms with van der Waals surface area (Å²) >= 11 is 0. The average molecular weight is 327 g/mol. The highest BCUT2D eigenvalue weighted by molar-refractivity contribution is 7.90. The summed E-state index contributed by atoms with van der Waals surface area (Å²) in [5.74, 6) is 0.0961. The first kappa shape index (κ1) is 15.5. The maximum atomic E-state index is 12.8. The molecule has 0 aromatic carbocycles. The van der Waals surface area contributed by atoms with Gasteiger partial charge in [0.25, 0.3) is 0 Å². The average Bonchev–Trinajstić information content (AvgIpc) is 3.15.